The van der Waals surface area contributed by atoms with Gasteiger partial charge in [-0.2, -0.15) is 0 Å². The van der Waals surface area contributed by atoms with Crippen molar-refractivity contribution in [3.8, 4) is 0 Å². The molecule has 0 amide bonds. The van der Waals surface area contributed by atoms with Crippen LogP contribution in [0.25, 0.3) is 0 Å². The van der Waals surface area contributed by atoms with Crippen LogP contribution in [0.15, 0.2) is 0 Å². The molecule has 0 heterocycles. The summed E-state index contributed by atoms with van der Waals surface area (Å²) in [5.41, 5.74) is 0. The number of hydrogen-bond donors (Lipinski definition) is 0. The zero-order chi connectivity index (χ0) is 48.9. The Morgan fingerprint density at radius 2 is 0.493 bits per heavy atom. The van der Waals surface area contributed by atoms with Crippen molar-refractivity contribution in [2.75, 3.05) is 13.2 Å². The van der Waals surface area contributed by atoms with Gasteiger partial charge in [-0.15, -0.1) is 0 Å². The molecule has 0 aromatic rings. The van der Waals surface area contributed by atoms with Gasteiger partial charge in [-0.05, 0) is 31.1 Å². The molecule has 0 bridgehead atoms. The molecule has 0 aliphatic carbocycles. The first-order valence-electron chi connectivity index (χ1n) is 30.2. The summed E-state index contributed by atoms with van der Waals surface area (Å²) in [6.07, 6.45) is 58.1. The molecule has 6 nitrogen and oxygen atoms in total. The molecular formula is C61H118O6. The van der Waals surface area contributed by atoms with Crippen LogP contribution in [0, 0.1) is 11.8 Å². The number of esters is 3. The molecule has 0 saturated heterocycles. The Balaban J connectivity index is 4.24. The second-order valence-electron chi connectivity index (χ2n) is 21.9. The van der Waals surface area contributed by atoms with Crippen molar-refractivity contribution in [1.29, 1.82) is 0 Å². The number of ether oxygens (including phenoxy) is 3. The SMILES string of the molecule is CCCCCCCCCCCCCC(=O)OC[C@@H](COC(=O)CCCCCCCCCCCCCCCCCCC(C)C)OC(=O)CCCCCCCCCCCCCCCCCCC(C)C. The second kappa shape index (κ2) is 53.8. The van der Waals surface area contributed by atoms with Crippen molar-refractivity contribution in [2.24, 2.45) is 11.8 Å². The summed E-state index contributed by atoms with van der Waals surface area (Å²) in [5.74, 6) is 0.869. The highest BCUT2D eigenvalue weighted by Crippen LogP contribution is 2.19. The van der Waals surface area contributed by atoms with Gasteiger partial charge in [-0.3, -0.25) is 14.4 Å². The first kappa shape index (κ1) is 65.4. The number of hydrogen-bond acceptors (Lipinski definition) is 6. The minimum absolute atomic E-state index is 0.0622. The van der Waals surface area contributed by atoms with Crippen molar-refractivity contribution in [2.45, 2.75) is 349 Å². The van der Waals surface area contributed by atoms with E-state index >= 15 is 0 Å². The third-order valence-electron chi connectivity index (χ3n) is 14.0. The Hall–Kier alpha value is -1.59. The summed E-state index contributed by atoms with van der Waals surface area (Å²) >= 11 is 0. The van der Waals surface area contributed by atoms with E-state index in [9.17, 15) is 14.4 Å². The topological polar surface area (TPSA) is 78.9 Å². The van der Waals surface area contributed by atoms with E-state index in [0.29, 0.717) is 19.3 Å². The van der Waals surface area contributed by atoms with Gasteiger partial charge in [0.1, 0.15) is 13.2 Å². The molecule has 0 unspecified atom stereocenters. The molecule has 1 atom stereocenters. The Morgan fingerprint density at radius 3 is 0.731 bits per heavy atom. The molecule has 0 spiro atoms. The molecule has 0 rings (SSSR count). The third kappa shape index (κ3) is 55.2. The summed E-state index contributed by atoms with van der Waals surface area (Å²) in [5, 5.41) is 0. The molecule has 0 radical (unpaired) electrons. The summed E-state index contributed by atoms with van der Waals surface area (Å²) in [6, 6.07) is 0. The second-order valence-corrected chi connectivity index (χ2v) is 21.9. The molecule has 0 aliphatic rings. The van der Waals surface area contributed by atoms with Gasteiger partial charge in [0.05, 0.1) is 0 Å². The molecule has 0 aromatic carbocycles. The smallest absolute Gasteiger partial charge is 0.306 e. The van der Waals surface area contributed by atoms with Gasteiger partial charge >= 0.3 is 17.9 Å². The minimum Gasteiger partial charge on any atom is -0.462 e. The normalized spacial score (nSPS) is 12.0. The molecule has 0 fully saturated rings. The fourth-order valence-corrected chi connectivity index (χ4v) is 9.40. The number of carbonyl (C=O) groups excluding carboxylic acids is 3. The maximum absolute atomic E-state index is 12.9. The molecule has 6 heteroatoms. The van der Waals surface area contributed by atoms with Crippen molar-refractivity contribution < 1.29 is 28.6 Å². The van der Waals surface area contributed by atoms with Gasteiger partial charge in [0, 0.05) is 19.3 Å². The number of unbranched alkanes of at least 4 members (excludes halogenated alkanes) is 40. The highest BCUT2D eigenvalue weighted by molar-refractivity contribution is 5.71. The van der Waals surface area contributed by atoms with Crippen LogP contribution in [0.4, 0.5) is 0 Å². The van der Waals surface area contributed by atoms with Crippen molar-refractivity contribution in [3.63, 3.8) is 0 Å². The highest BCUT2D eigenvalue weighted by atomic mass is 16.6. The first-order valence-corrected chi connectivity index (χ1v) is 30.2. The van der Waals surface area contributed by atoms with Crippen LogP contribution in [0.2, 0.25) is 0 Å². The maximum Gasteiger partial charge on any atom is 0.306 e. The average molecular weight is 948 g/mol. The fourth-order valence-electron chi connectivity index (χ4n) is 9.40. The van der Waals surface area contributed by atoms with E-state index in [1.54, 1.807) is 0 Å². The highest BCUT2D eigenvalue weighted by Gasteiger charge is 2.19. The number of rotatable bonds is 55. The average Bonchev–Trinajstić information content (AvgIpc) is 3.30. The standard InChI is InChI=1S/C61H118O6/c1-6-7-8-9-10-11-24-31-36-41-46-51-59(62)65-54-58(67-61(64)53-48-43-38-33-28-23-19-15-13-17-21-26-30-35-40-45-50-57(4)5)55-66-60(63)52-47-42-37-32-27-22-18-14-12-16-20-25-29-34-39-44-49-56(2)3/h56-58H,6-55H2,1-5H3/t58-/m0/s1. The molecule has 0 saturated carbocycles. The summed E-state index contributed by atoms with van der Waals surface area (Å²) in [6.45, 7) is 11.4. The molecule has 0 aliphatic heterocycles. The molecule has 67 heavy (non-hydrogen) atoms. The van der Waals surface area contributed by atoms with E-state index in [2.05, 4.69) is 34.6 Å². The van der Waals surface area contributed by atoms with E-state index < -0.39 is 6.10 Å². The molecular weight excluding hydrogens is 829 g/mol. The summed E-state index contributed by atoms with van der Waals surface area (Å²) in [7, 11) is 0. The quantitative estimate of drug-likeness (QED) is 0.0343. The van der Waals surface area contributed by atoms with Crippen LogP contribution in [0.1, 0.15) is 343 Å². The minimum atomic E-state index is -0.762. The van der Waals surface area contributed by atoms with E-state index in [4.69, 9.17) is 14.2 Å². The lowest BCUT2D eigenvalue weighted by Crippen LogP contribution is -2.30. The van der Waals surface area contributed by atoms with Gasteiger partial charge in [-0.1, -0.05) is 304 Å². The van der Waals surface area contributed by atoms with Crippen LogP contribution >= 0.6 is 0 Å². The Morgan fingerprint density at radius 1 is 0.284 bits per heavy atom. The van der Waals surface area contributed by atoms with Crippen LogP contribution < -0.4 is 0 Å². The van der Waals surface area contributed by atoms with Gasteiger partial charge in [0.2, 0.25) is 0 Å². The lowest BCUT2D eigenvalue weighted by molar-refractivity contribution is -0.167. The zero-order valence-corrected chi connectivity index (χ0v) is 46.0. The van der Waals surface area contributed by atoms with Crippen LogP contribution in [-0.4, -0.2) is 37.2 Å². The predicted molar refractivity (Wildman–Crippen MR) is 289 cm³/mol. The van der Waals surface area contributed by atoms with Gasteiger partial charge < -0.3 is 14.2 Å². The van der Waals surface area contributed by atoms with Crippen LogP contribution in [-0.2, 0) is 28.6 Å². The van der Waals surface area contributed by atoms with Gasteiger partial charge in [0.15, 0.2) is 6.10 Å². The van der Waals surface area contributed by atoms with Gasteiger partial charge in [0.25, 0.3) is 0 Å². The molecule has 0 aromatic heterocycles. The largest absolute Gasteiger partial charge is 0.462 e. The van der Waals surface area contributed by atoms with Crippen molar-refractivity contribution in [1.82, 2.24) is 0 Å². The first-order chi connectivity index (χ1) is 32.7. The Kier molecular flexibility index (Phi) is 52.5. The number of carbonyl (C=O) groups is 3. The maximum atomic E-state index is 12.9. The van der Waals surface area contributed by atoms with E-state index in [0.717, 1.165) is 69.6 Å². The van der Waals surface area contributed by atoms with Crippen molar-refractivity contribution in [3.05, 3.63) is 0 Å². The van der Waals surface area contributed by atoms with Crippen LogP contribution in [0.5, 0.6) is 0 Å². The fraction of sp³-hybridized carbons (Fsp3) is 0.951. The summed E-state index contributed by atoms with van der Waals surface area (Å²) in [4.78, 5) is 38.2. The monoisotopic (exact) mass is 947 g/mol. The lowest BCUT2D eigenvalue weighted by atomic mass is 10.0. The van der Waals surface area contributed by atoms with E-state index in [1.807, 2.05) is 0 Å². The molecule has 0 N–H and O–H groups in total. The lowest BCUT2D eigenvalue weighted by Gasteiger charge is -2.18. The van der Waals surface area contributed by atoms with Crippen LogP contribution in [0.3, 0.4) is 0 Å². The predicted octanol–water partition coefficient (Wildman–Crippen LogP) is 20.0. The third-order valence-corrected chi connectivity index (χ3v) is 14.0. The summed E-state index contributed by atoms with van der Waals surface area (Å²) < 4.78 is 16.9. The van der Waals surface area contributed by atoms with Crippen molar-refractivity contribution >= 4 is 17.9 Å². The van der Waals surface area contributed by atoms with Gasteiger partial charge in [-0.25, -0.2) is 0 Å². The molecule has 398 valence electrons. The van der Waals surface area contributed by atoms with E-state index in [-0.39, 0.29) is 31.1 Å². The Labute approximate surface area is 418 Å². The zero-order valence-electron chi connectivity index (χ0n) is 46.0. The Bertz CT molecular complexity index is 1020. The van der Waals surface area contributed by atoms with E-state index in [1.165, 1.54) is 231 Å².